The lowest BCUT2D eigenvalue weighted by Gasteiger charge is -2.59. The lowest BCUT2D eigenvalue weighted by molar-refractivity contribution is -0.751. The minimum absolute atomic E-state index is 0.0280. The number of methoxy groups -OCH3 is 1. The highest BCUT2D eigenvalue weighted by atomic mass is 32.2. The second kappa shape index (κ2) is 23.2. The Morgan fingerprint density at radius 3 is 2.42 bits per heavy atom. The first kappa shape index (κ1) is 56.7. The van der Waals surface area contributed by atoms with Crippen molar-refractivity contribution in [1.29, 1.82) is 0 Å². The second-order valence-electron chi connectivity index (χ2n) is 24.4. The van der Waals surface area contributed by atoms with Crippen molar-refractivity contribution in [3.63, 3.8) is 0 Å². The fraction of sp³-hybridized carbons (Fsp3) is 0.508. The molecular weight excluding hydrogens is 1050 g/mol. The Morgan fingerprint density at radius 1 is 0.938 bits per heavy atom. The van der Waals surface area contributed by atoms with Gasteiger partial charge in [-0.1, -0.05) is 50.2 Å². The van der Waals surface area contributed by atoms with Crippen LogP contribution in [0, 0.1) is 16.5 Å². The SMILES string of the molecule is CCOc1nc2c(cc1Oc1cc(N3CCC4(CC3)CN(C3CCN(Cc5ccc(C6CC6)c(OC)c5)CC3c3ccccc3C(C)C)C4)ccc1C(=O)NS(=O)(=O)c1cnc(NC[C@H]3CC[C@](C)(O)CC3)c([NH+](C)[O-])c1)C(F)=CC2. The zero-order valence-electron chi connectivity index (χ0n) is 47.7. The molecule has 4 N–H and O–H groups in total. The molecule has 3 aliphatic heterocycles. The van der Waals surface area contributed by atoms with Crippen molar-refractivity contribution in [2.45, 2.75) is 133 Å². The number of piperidine rings is 2. The highest BCUT2D eigenvalue weighted by molar-refractivity contribution is 7.90. The zero-order chi connectivity index (χ0) is 56.8. The number of aliphatic hydroxyl groups is 1. The van der Waals surface area contributed by atoms with Gasteiger partial charge in [0, 0.05) is 94.1 Å². The number of quaternary nitrogens is 1. The van der Waals surface area contributed by atoms with E-state index in [1.807, 2.05) is 6.92 Å². The molecule has 81 heavy (non-hydrogen) atoms. The number of carbonyl (C=O) groups is 1. The summed E-state index contributed by atoms with van der Waals surface area (Å²) in [6.45, 7) is 15.4. The summed E-state index contributed by atoms with van der Waals surface area (Å²) in [6.07, 6.45) is 11.3. The van der Waals surface area contributed by atoms with E-state index in [1.165, 1.54) is 60.4 Å². The standard InChI is InChI=1S/C63H79FN8O8S/c1-7-79-61-58(33-50-52(64)18-19-53(50)67-61)80-57-31-44(15-17-49(57)60(73)68-81(76,77)45-32-55(69(5)75)59(66-35-45)65-34-41-20-23-62(4,74)24-21-41)71-28-25-63(26-29-71)38-72(39-63)54-22-27-70(37-51(54)48-11-9-8-10-46(48)40(2)3)36-42-12-16-47(43-13-14-43)56(30-42)78-6/h8-12,15-18,30-33,35,40-41,43,51,54,69,74H,7,13-14,19-29,34,36-39H2,1-6H3,(H,65,66)(H,68,73)/t41-,51?,54?,62-. The number of halogens is 1. The van der Waals surface area contributed by atoms with Gasteiger partial charge in [0.25, 0.3) is 21.8 Å². The maximum atomic E-state index is 15.1. The maximum absolute atomic E-state index is 15.1. The highest BCUT2D eigenvalue weighted by Crippen LogP contribution is 2.48. The van der Waals surface area contributed by atoms with E-state index >= 15 is 4.39 Å². The predicted octanol–water partition coefficient (Wildman–Crippen LogP) is 9.62. The number of rotatable bonds is 19. The number of sulfonamides is 1. The van der Waals surface area contributed by atoms with E-state index in [2.05, 4.69) is 91.0 Å². The van der Waals surface area contributed by atoms with Crippen LogP contribution in [0.3, 0.4) is 0 Å². The van der Waals surface area contributed by atoms with Crippen molar-refractivity contribution >= 4 is 38.9 Å². The van der Waals surface area contributed by atoms with Crippen molar-refractivity contribution < 1.29 is 42.0 Å². The largest absolute Gasteiger partial charge is 0.629 e. The van der Waals surface area contributed by atoms with Crippen LogP contribution in [0.4, 0.5) is 21.6 Å². The number of amides is 1. The fourth-order valence-electron chi connectivity index (χ4n) is 13.3. The Kier molecular flexibility index (Phi) is 16.3. The van der Waals surface area contributed by atoms with Crippen molar-refractivity contribution in [2.24, 2.45) is 11.3 Å². The summed E-state index contributed by atoms with van der Waals surface area (Å²) < 4.78 is 63.8. The number of allylic oxidation sites excluding steroid dienone is 1. The molecule has 2 saturated carbocycles. The van der Waals surface area contributed by atoms with E-state index in [4.69, 9.17) is 14.2 Å². The summed E-state index contributed by atoms with van der Waals surface area (Å²) in [5.74, 6) is 1.69. The van der Waals surface area contributed by atoms with Gasteiger partial charge in [-0.05, 0) is 147 Å². The van der Waals surface area contributed by atoms with Crippen molar-refractivity contribution in [3.8, 4) is 23.1 Å². The van der Waals surface area contributed by atoms with Gasteiger partial charge in [-0.2, -0.15) is 0 Å². The molecule has 18 heteroatoms. The number of anilines is 2. The first-order valence-corrected chi connectivity index (χ1v) is 30.7. The summed E-state index contributed by atoms with van der Waals surface area (Å²) in [4.78, 5) is 30.6. The van der Waals surface area contributed by atoms with Gasteiger partial charge in [0.05, 0.1) is 43.8 Å². The molecule has 11 rings (SSSR count). The Labute approximate surface area is 476 Å². The molecule has 16 nitrogen and oxygen atoms in total. The minimum Gasteiger partial charge on any atom is -0.629 e. The number of hydrogen-bond donors (Lipinski definition) is 4. The van der Waals surface area contributed by atoms with E-state index in [1.54, 1.807) is 32.2 Å². The molecule has 5 aromatic rings. The summed E-state index contributed by atoms with van der Waals surface area (Å²) in [7, 11) is -1.47. The van der Waals surface area contributed by atoms with Gasteiger partial charge in [0.1, 0.15) is 22.2 Å². The third-order valence-corrected chi connectivity index (χ3v) is 19.4. The number of ether oxygens (including phenoxy) is 3. The third-order valence-electron chi connectivity index (χ3n) is 18.1. The average Bonchev–Trinajstić information content (AvgIpc) is 4.33. The summed E-state index contributed by atoms with van der Waals surface area (Å²) >= 11 is 0. The average molecular weight is 1130 g/mol. The van der Waals surface area contributed by atoms with Crippen LogP contribution in [-0.2, 0) is 23.0 Å². The highest BCUT2D eigenvalue weighted by Gasteiger charge is 2.50. The molecule has 6 aliphatic rings. The third kappa shape index (κ3) is 12.3. The second-order valence-corrected chi connectivity index (χ2v) is 26.0. The van der Waals surface area contributed by atoms with Crippen LogP contribution in [0.2, 0.25) is 0 Å². The number of benzene rings is 3. The topological polar surface area (TPSA) is 186 Å². The fourth-order valence-corrected chi connectivity index (χ4v) is 14.2. The molecule has 0 bridgehead atoms. The van der Waals surface area contributed by atoms with E-state index < -0.39 is 32.4 Å². The maximum Gasteiger partial charge on any atom is 0.268 e. The van der Waals surface area contributed by atoms with Gasteiger partial charge < -0.3 is 39.8 Å². The number of hydroxylamine groups is 1. The van der Waals surface area contributed by atoms with Crippen LogP contribution < -0.4 is 34.2 Å². The number of nitrogens with zero attached hydrogens (tertiary/aromatic N) is 5. The lowest BCUT2D eigenvalue weighted by Crippen LogP contribution is -2.98. The Bertz CT molecular complexity index is 3270. The number of hydrogen-bond acceptors (Lipinski definition) is 14. The molecule has 3 aromatic carbocycles. The van der Waals surface area contributed by atoms with Crippen LogP contribution in [0.25, 0.3) is 5.83 Å². The van der Waals surface area contributed by atoms with Crippen LogP contribution in [0.5, 0.6) is 23.1 Å². The molecule has 1 amide bonds. The number of pyridine rings is 2. The Hall–Kier alpha value is -6.15. The first-order chi connectivity index (χ1) is 38.9. The Balaban J connectivity index is 0.802. The number of nitrogens with one attached hydrogen (secondary N) is 3. The van der Waals surface area contributed by atoms with Gasteiger partial charge in [0.15, 0.2) is 17.3 Å². The molecule has 1 spiro atoms. The quantitative estimate of drug-likeness (QED) is 0.0573. The van der Waals surface area contributed by atoms with Crippen molar-refractivity contribution in [3.05, 3.63) is 129 Å². The van der Waals surface area contributed by atoms with Crippen LogP contribution >= 0.6 is 0 Å². The lowest BCUT2D eigenvalue weighted by atomic mass is 9.69. The normalized spacial score (nSPS) is 23.4. The van der Waals surface area contributed by atoms with E-state index in [0.29, 0.717) is 48.9 Å². The van der Waals surface area contributed by atoms with Gasteiger partial charge in [-0.15, -0.1) is 0 Å². The molecule has 0 radical (unpaired) electrons. The molecule has 3 aliphatic carbocycles. The molecule has 5 fully saturated rings. The van der Waals surface area contributed by atoms with Crippen LogP contribution in [0.1, 0.15) is 147 Å². The molecule has 432 valence electrons. The van der Waals surface area contributed by atoms with E-state index in [-0.39, 0.29) is 69.3 Å². The summed E-state index contributed by atoms with van der Waals surface area (Å²) in [5.41, 5.74) is 6.48. The van der Waals surface area contributed by atoms with Crippen molar-refractivity contribution in [1.82, 2.24) is 24.5 Å². The molecule has 3 saturated heterocycles. The molecule has 3 unspecified atom stereocenters. The predicted molar refractivity (Wildman–Crippen MR) is 312 cm³/mol. The zero-order valence-corrected chi connectivity index (χ0v) is 48.5. The minimum atomic E-state index is -4.59. The summed E-state index contributed by atoms with van der Waals surface area (Å²) in [5, 5.41) is 26.2. The van der Waals surface area contributed by atoms with Gasteiger partial charge in [-0.3, -0.25) is 14.6 Å². The Morgan fingerprint density at radius 2 is 1.70 bits per heavy atom. The van der Waals surface area contributed by atoms with E-state index in [9.17, 15) is 23.5 Å². The first-order valence-electron chi connectivity index (χ1n) is 29.2. The number of likely N-dealkylation sites (tertiary alicyclic amines) is 2. The van der Waals surface area contributed by atoms with E-state index in [0.717, 1.165) is 95.6 Å². The van der Waals surface area contributed by atoms with Crippen LogP contribution in [0.15, 0.2) is 90.0 Å². The monoisotopic (exact) mass is 1130 g/mol. The smallest absolute Gasteiger partial charge is 0.268 e. The van der Waals surface area contributed by atoms with Gasteiger partial charge in [0.2, 0.25) is 0 Å². The van der Waals surface area contributed by atoms with Crippen LogP contribution in [-0.4, -0.2) is 117 Å². The van der Waals surface area contributed by atoms with Crippen molar-refractivity contribution in [2.75, 3.05) is 76.8 Å². The number of carbonyl (C=O) groups excluding carboxylic acids is 1. The molecule has 3 atom stereocenters. The molecule has 5 heterocycles. The van der Waals surface area contributed by atoms with Gasteiger partial charge in [-0.25, -0.2) is 27.5 Å². The van der Waals surface area contributed by atoms with Gasteiger partial charge >= 0.3 is 0 Å². The molecular formula is C63H79FN8O8S. The number of fused-ring (bicyclic) bond motifs is 1. The number of aromatic nitrogens is 2. The molecule has 2 aromatic heterocycles. The summed E-state index contributed by atoms with van der Waals surface area (Å²) in [6, 6.07) is 24.1.